The molecule has 1 unspecified atom stereocenters. The van der Waals surface area contributed by atoms with Gasteiger partial charge in [0.15, 0.2) is 0 Å². The molecule has 0 saturated heterocycles. The lowest BCUT2D eigenvalue weighted by Crippen LogP contribution is -2.30. The van der Waals surface area contributed by atoms with E-state index in [1.807, 2.05) is 30.8 Å². The summed E-state index contributed by atoms with van der Waals surface area (Å²) < 4.78 is 1.94. The molecule has 2 aromatic rings. The van der Waals surface area contributed by atoms with E-state index >= 15 is 0 Å². The number of rotatable bonds is 3. The number of nitrogens with one attached hydrogen (secondary N) is 1. The fourth-order valence-electron chi connectivity index (χ4n) is 1.76. The van der Waals surface area contributed by atoms with Crippen LogP contribution in [-0.4, -0.2) is 14.5 Å². The fraction of sp³-hybridized carbons (Fsp3) is 0.273. The minimum absolute atomic E-state index is 0.0822. The Hall–Kier alpha value is -1.72. The Kier molecular flexibility index (Phi) is 2.98. The van der Waals surface area contributed by atoms with Crippen LogP contribution in [0.2, 0.25) is 0 Å². The van der Waals surface area contributed by atoms with E-state index in [-0.39, 0.29) is 6.04 Å². The summed E-state index contributed by atoms with van der Waals surface area (Å²) in [4.78, 5) is 8.22. The molecule has 0 aliphatic carbocycles. The topological polar surface area (TPSA) is 68.8 Å². The number of hydrazine groups is 1. The molecule has 3 N–H and O–H groups in total. The molecule has 0 bridgehead atoms. The number of hydrogen-bond acceptors (Lipinski definition) is 4. The monoisotopic (exact) mass is 217 g/mol. The van der Waals surface area contributed by atoms with E-state index in [1.165, 1.54) is 0 Å². The van der Waals surface area contributed by atoms with E-state index in [9.17, 15) is 0 Å². The summed E-state index contributed by atoms with van der Waals surface area (Å²) in [7, 11) is 1.94. The van der Waals surface area contributed by atoms with Gasteiger partial charge in [0.25, 0.3) is 0 Å². The lowest BCUT2D eigenvalue weighted by molar-refractivity contribution is 0.593. The Labute approximate surface area is 94.3 Å². The van der Waals surface area contributed by atoms with Gasteiger partial charge in [-0.1, -0.05) is 0 Å². The Morgan fingerprint density at radius 3 is 2.75 bits per heavy atom. The zero-order valence-electron chi connectivity index (χ0n) is 9.38. The second kappa shape index (κ2) is 4.42. The SMILES string of the molecule is Cc1ccncc1C(NN)c1cncn1C. The number of hydrogen-bond donors (Lipinski definition) is 2. The predicted octanol–water partition coefficient (Wildman–Crippen LogP) is 0.676. The predicted molar refractivity (Wildman–Crippen MR) is 61.3 cm³/mol. The zero-order valence-corrected chi connectivity index (χ0v) is 9.38. The molecular weight excluding hydrogens is 202 g/mol. The van der Waals surface area contributed by atoms with E-state index in [2.05, 4.69) is 15.4 Å². The van der Waals surface area contributed by atoms with Gasteiger partial charge in [0.2, 0.25) is 0 Å². The zero-order chi connectivity index (χ0) is 11.5. The van der Waals surface area contributed by atoms with Crippen molar-refractivity contribution in [1.82, 2.24) is 20.0 Å². The van der Waals surface area contributed by atoms with E-state index in [1.54, 1.807) is 18.7 Å². The minimum atomic E-state index is -0.0822. The van der Waals surface area contributed by atoms with Crippen molar-refractivity contribution >= 4 is 0 Å². The third-order valence-corrected chi connectivity index (χ3v) is 2.71. The molecule has 0 radical (unpaired) electrons. The molecule has 0 fully saturated rings. The van der Waals surface area contributed by atoms with E-state index in [4.69, 9.17) is 5.84 Å². The van der Waals surface area contributed by atoms with Gasteiger partial charge in [-0.3, -0.25) is 10.8 Å². The summed E-state index contributed by atoms with van der Waals surface area (Å²) in [6, 6.07) is 1.89. The van der Waals surface area contributed by atoms with Crippen molar-refractivity contribution in [1.29, 1.82) is 0 Å². The molecule has 2 aromatic heterocycles. The van der Waals surface area contributed by atoms with Crippen molar-refractivity contribution in [3.05, 3.63) is 47.8 Å². The summed E-state index contributed by atoms with van der Waals surface area (Å²) in [5, 5.41) is 0. The van der Waals surface area contributed by atoms with E-state index in [0.717, 1.165) is 16.8 Å². The summed E-state index contributed by atoms with van der Waals surface area (Å²) in [5.74, 6) is 5.61. The molecule has 0 spiro atoms. The highest BCUT2D eigenvalue weighted by molar-refractivity contribution is 5.31. The Morgan fingerprint density at radius 1 is 1.38 bits per heavy atom. The molecule has 5 nitrogen and oxygen atoms in total. The van der Waals surface area contributed by atoms with Crippen molar-refractivity contribution in [3.63, 3.8) is 0 Å². The Balaban J connectivity index is 2.45. The molecule has 84 valence electrons. The molecule has 0 aliphatic rings. The van der Waals surface area contributed by atoms with E-state index in [0.29, 0.717) is 0 Å². The lowest BCUT2D eigenvalue weighted by Gasteiger charge is -2.18. The van der Waals surface area contributed by atoms with Crippen molar-refractivity contribution in [2.24, 2.45) is 12.9 Å². The first kappa shape index (κ1) is 10.8. The van der Waals surface area contributed by atoms with Gasteiger partial charge in [-0.15, -0.1) is 0 Å². The molecule has 0 amide bonds. The normalized spacial score (nSPS) is 12.7. The number of aryl methyl sites for hydroxylation is 2. The maximum Gasteiger partial charge on any atom is 0.0946 e. The second-order valence-corrected chi connectivity index (χ2v) is 3.76. The highest BCUT2D eigenvalue weighted by Crippen LogP contribution is 2.22. The van der Waals surface area contributed by atoms with Gasteiger partial charge in [0, 0.05) is 19.4 Å². The van der Waals surface area contributed by atoms with E-state index < -0.39 is 0 Å². The molecule has 0 aromatic carbocycles. The molecule has 16 heavy (non-hydrogen) atoms. The molecule has 1 atom stereocenters. The van der Waals surface area contributed by atoms with Gasteiger partial charge in [-0.25, -0.2) is 10.4 Å². The quantitative estimate of drug-likeness (QED) is 0.586. The maximum absolute atomic E-state index is 5.61. The summed E-state index contributed by atoms with van der Waals surface area (Å²) in [6.45, 7) is 2.04. The maximum atomic E-state index is 5.61. The van der Waals surface area contributed by atoms with Crippen LogP contribution in [0.1, 0.15) is 22.9 Å². The second-order valence-electron chi connectivity index (χ2n) is 3.76. The summed E-state index contributed by atoms with van der Waals surface area (Å²) in [6.07, 6.45) is 7.16. The molecule has 0 saturated carbocycles. The van der Waals surface area contributed by atoms with Crippen LogP contribution in [0.4, 0.5) is 0 Å². The average Bonchev–Trinajstić information content (AvgIpc) is 2.69. The first-order chi connectivity index (χ1) is 7.74. The lowest BCUT2D eigenvalue weighted by atomic mass is 10.0. The molecule has 2 rings (SSSR count). The van der Waals surface area contributed by atoms with Gasteiger partial charge in [0.1, 0.15) is 0 Å². The van der Waals surface area contributed by atoms with Crippen molar-refractivity contribution in [2.45, 2.75) is 13.0 Å². The van der Waals surface area contributed by atoms with Crippen LogP contribution in [-0.2, 0) is 7.05 Å². The third kappa shape index (κ3) is 1.82. The number of imidazole rings is 1. The molecule has 5 heteroatoms. The summed E-state index contributed by atoms with van der Waals surface area (Å²) in [5.41, 5.74) is 6.03. The van der Waals surface area contributed by atoms with Crippen LogP contribution >= 0.6 is 0 Å². The van der Waals surface area contributed by atoms with Crippen LogP contribution in [0.5, 0.6) is 0 Å². The van der Waals surface area contributed by atoms with Crippen molar-refractivity contribution in [3.8, 4) is 0 Å². The third-order valence-electron chi connectivity index (χ3n) is 2.71. The highest BCUT2D eigenvalue weighted by atomic mass is 15.2. The summed E-state index contributed by atoms with van der Waals surface area (Å²) >= 11 is 0. The highest BCUT2D eigenvalue weighted by Gasteiger charge is 2.17. The van der Waals surface area contributed by atoms with Gasteiger partial charge in [-0.2, -0.15) is 0 Å². The standard InChI is InChI=1S/C11H15N5/c1-8-3-4-13-5-9(8)11(15-12)10-6-14-7-16(10)2/h3-7,11,15H,12H2,1-2H3. The number of aromatic nitrogens is 3. The fourth-order valence-corrected chi connectivity index (χ4v) is 1.76. The number of pyridine rings is 1. The first-order valence-electron chi connectivity index (χ1n) is 5.07. The minimum Gasteiger partial charge on any atom is -0.336 e. The number of nitrogens with two attached hydrogens (primary N) is 1. The van der Waals surface area contributed by atoms with Gasteiger partial charge >= 0.3 is 0 Å². The molecule has 2 heterocycles. The van der Waals surface area contributed by atoms with Crippen molar-refractivity contribution in [2.75, 3.05) is 0 Å². The first-order valence-corrected chi connectivity index (χ1v) is 5.07. The van der Waals surface area contributed by atoms with Crippen LogP contribution < -0.4 is 11.3 Å². The van der Waals surface area contributed by atoms with Crippen LogP contribution in [0.3, 0.4) is 0 Å². The van der Waals surface area contributed by atoms with Gasteiger partial charge < -0.3 is 4.57 Å². The van der Waals surface area contributed by atoms with Crippen molar-refractivity contribution < 1.29 is 0 Å². The van der Waals surface area contributed by atoms with Gasteiger partial charge in [0.05, 0.1) is 24.3 Å². The van der Waals surface area contributed by atoms with Crippen LogP contribution in [0.25, 0.3) is 0 Å². The molecular formula is C11H15N5. The van der Waals surface area contributed by atoms with Gasteiger partial charge in [-0.05, 0) is 24.1 Å². The smallest absolute Gasteiger partial charge is 0.0946 e. The van der Waals surface area contributed by atoms with Crippen LogP contribution in [0, 0.1) is 6.92 Å². The number of nitrogens with zero attached hydrogens (tertiary/aromatic N) is 3. The van der Waals surface area contributed by atoms with Crippen LogP contribution in [0.15, 0.2) is 31.0 Å². The average molecular weight is 217 g/mol. The Morgan fingerprint density at radius 2 is 2.19 bits per heavy atom. The largest absolute Gasteiger partial charge is 0.336 e. The Bertz CT molecular complexity index is 477. The molecule has 0 aliphatic heterocycles.